The lowest BCUT2D eigenvalue weighted by atomic mass is 9.94. The van der Waals surface area contributed by atoms with E-state index in [-0.39, 0.29) is 23.0 Å². The number of nitrogen functional groups attached to an aromatic ring is 2. The Morgan fingerprint density at radius 1 is 1.06 bits per heavy atom. The number of rotatable bonds is 4. The number of nitrogens with two attached hydrogens (primary N) is 2. The number of pyridine rings is 1. The Hall–Kier alpha value is -4.96. The molecule has 0 aliphatic carbocycles. The number of fused-ring (bicyclic) bond motifs is 1. The highest BCUT2D eigenvalue weighted by Crippen LogP contribution is 2.43. The second-order valence-corrected chi connectivity index (χ2v) is 6.72. The number of aliphatic imine (C=N–C) groups is 1. The largest absolute Gasteiger partial charge is 0.497 e. The molecule has 2 heterocycles. The first-order valence-corrected chi connectivity index (χ1v) is 9.45. The number of hydrogen-bond donors (Lipinski definition) is 4. The van der Waals surface area contributed by atoms with Crippen LogP contribution in [0.15, 0.2) is 53.5 Å². The lowest BCUT2D eigenvalue weighted by molar-refractivity contribution is 0.412. The molecule has 0 fully saturated rings. The van der Waals surface area contributed by atoms with Crippen molar-refractivity contribution in [2.24, 2.45) is 4.99 Å². The predicted molar refractivity (Wildman–Crippen MR) is 119 cm³/mol. The van der Waals surface area contributed by atoms with Crippen LogP contribution in [0.5, 0.6) is 17.2 Å². The minimum Gasteiger partial charge on any atom is -0.497 e. The van der Waals surface area contributed by atoms with E-state index in [1.807, 2.05) is 30.5 Å². The van der Waals surface area contributed by atoms with Gasteiger partial charge in [0.05, 0.1) is 12.8 Å². The third kappa shape index (κ3) is 3.64. The van der Waals surface area contributed by atoms with Crippen LogP contribution in [-0.4, -0.2) is 18.1 Å². The quantitative estimate of drug-likeness (QED) is 0.362. The summed E-state index contributed by atoms with van der Waals surface area (Å²) in [4.78, 5) is 8.85. The topological polar surface area (TPSA) is 167 Å². The van der Waals surface area contributed by atoms with Gasteiger partial charge in [0.1, 0.15) is 46.6 Å². The van der Waals surface area contributed by atoms with Gasteiger partial charge < -0.3 is 26.3 Å². The van der Waals surface area contributed by atoms with Crippen LogP contribution in [0, 0.1) is 22.8 Å². The summed E-state index contributed by atoms with van der Waals surface area (Å²) in [6.07, 6.45) is 1.83. The van der Waals surface area contributed by atoms with Crippen molar-refractivity contribution in [1.29, 1.82) is 10.5 Å². The van der Waals surface area contributed by atoms with Crippen molar-refractivity contribution >= 4 is 23.3 Å². The number of methoxy groups -OCH3 is 1. The van der Waals surface area contributed by atoms with Gasteiger partial charge in [-0.3, -0.25) is 5.32 Å². The number of nitrogens with zero attached hydrogens (tertiary/aromatic N) is 4. The fourth-order valence-corrected chi connectivity index (χ4v) is 3.38. The van der Waals surface area contributed by atoms with E-state index >= 15 is 0 Å². The first kappa shape index (κ1) is 20.3. The van der Waals surface area contributed by atoms with Crippen LogP contribution in [-0.2, 0) is 0 Å². The summed E-state index contributed by atoms with van der Waals surface area (Å²) in [5.41, 5.74) is 13.6. The summed E-state index contributed by atoms with van der Waals surface area (Å²) in [6, 6.07) is 15.7. The summed E-state index contributed by atoms with van der Waals surface area (Å²) >= 11 is 0. The molecule has 158 valence electrons. The Morgan fingerprint density at radius 3 is 2.47 bits per heavy atom. The highest BCUT2D eigenvalue weighted by Gasteiger charge is 2.31. The monoisotopic (exact) mass is 426 g/mol. The van der Waals surface area contributed by atoms with Crippen molar-refractivity contribution in [3.05, 3.63) is 65.2 Å². The van der Waals surface area contributed by atoms with Crippen molar-refractivity contribution in [2.45, 2.75) is 6.04 Å². The van der Waals surface area contributed by atoms with Crippen molar-refractivity contribution < 1.29 is 9.47 Å². The predicted octanol–water partition coefficient (Wildman–Crippen LogP) is 2.86. The molecule has 10 heteroatoms. The van der Waals surface area contributed by atoms with Gasteiger partial charge in [0.25, 0.3) is 0 Å². The molecule has 1 unspecified atom stereocenters. The Kier molecular flexibility index (Phi) is 5.35. The van der Waals surface area contributed by atoms with Crippen LogP contribution < -0.4 is 31.6 Å². The molecule has 1 aliphatic rings. The summed E-state index contributed by atoms with van der Waals surface area (Å²) < 4.78 is 11.3. The summed E-state index contributed by atoms with van der Waals surface area (Å²) in [6.45, 7) is 0. The third-order valence-corrected chi connectivity index (χ3v) is 4.86. The van der Waals surface area contributed by atoms with E-state index in [2.05, 4.69) is 20.6 Å². The van der Waals surface area contributed by atoms with Gasteiger partial charge in [-0.15, -0.1) is 0 Å². The number of guanidine groups is 1. The van der Waals surface area contributed by atoms with Crippen LogP contribution in [0.25, 0.3) is 0 Å². The number of ether oxygens (including phenoxy) is 2. The normalized spacial score (nSPS) is 14.1. The Labute approximate surface area is 183 Å². The molecule has 0 saturated carbocycles. The van der Waals surface area contributed by atoms with Crippen LogP contribution in [0.3, 0.4) is 0 Å². The maximum absolute atomic E-state index is 9.49. The van der Waals surface area contributed by atoms with Crippen LogP contribution in [0.2, 0.25) is 0 Å². The fourth-order valence-electron chi connectivity index (χ4n) is 3.38. The fraction of sp³-hybridized carbons (Fsp3) is 0.0909. The molecule has 0 bridgehead atoms. The van der Waals surface area contributed by atoms with Crippen LogP contribution in [0.4, 0.5) is 17.3 Å². The molecular formula is C22H18N8O2. The average molecular weight is 426 g/mol. The lowest BCUT2D eigenvalue weighted by Gasteiger charge is -2.27. The van der Waals surface area contributed by atoms with Crippen molar-refractivity contribution in [2.75, 3.05) is 23.9 Å². The van der Waals surface area contributed by atoms with Gasteiger partial charge in [0.2, 0.25) is 5.96 Å². The Morgan fingerprint density at radius 2 is 1.78 bits per heavy atom. The van der Waals surface area contributed by atoms with Gasteiger partial charge in [-0.05, 0) is 30.3 Å². The zero-order valence-electron chi connectivity index (χ0n) is 17.0. The molecule has 0 radical (unpaired) electrons. The van der Waals surface area contributed by atoms with Gasteiger partial charge in [-0.2, -0.15) is 10.5 Å². The smallest absolute Gasteiger partial charge is 0.211 e. The first-order chi connectivity index (χ1) is 15.5. The number of nitrogens with one attached hydrogen (secondary N) is 2. The molecule has 0 saturated heterocycles. The van der Waals surface area contributed by atoms with E-state index in [1.54, 1.807) is 37.4 Å². The number of para-hydroxylation sites is 1. The van der Waals surface area contributed by atoms with Gasteiger partial charge in [0.15, 0.2) is 6.19 Å². The molecule has 3 aromatic rings. The number of anilines is 3. The highest BCUT2D eigenvalue weighted by atomic mass is 16.5. The van der Waals surface area contributed by atoms with Gasteiger partial charge in [0, 0.05) is 11.1 Å². The minimum absolute atomic E-state index is 0.0176. The second-order valence-electron chi connectivity index (χ2n) is 6.72. The second kappa shape index (κ2) is 8.42. The average Bonchev–Trinajstić information content (AvgIpc) is 2.80. The van der Waals surface area contributed by atoms with E-state index in [1.165, 1.54) is 0 Å². The summed E-state index contributed by atoms with van der Waals surface area (Å²) in [7, 11) is 1.59. The summed E-state index contributed by atoms with van der Waals surface area (Å²) in [5, 5.41) is 23.9. The van der Waals surface area contributed by atoms with E-state index in [9.17, 15) is 5.26 Å². The maximum Gasteiger partial charge on any atom is 0.211 e. The van der Waals surface area contributed by atoms with Crippen molar-refractivity contribution in [3.8, 4) is 29.5 Å². The number of aromatic nitrogens is 1. The molecule has 0 amide bonds. The number of benzene rings is 2. The van der Waals surface area contributed by atoms with E-state index in [0.717, 1.165) is 0 Å². The molecule has 10 nitrogen and oxygen atoms in total. The first-order valence-electron chi connectivity index (χ1n) is 9.45. The molecule has 1 aliphatic heterocycles. The van der Waals surface area contributed by atoms with E-state index < -0.39 is 6.04 Å². The molecular weight excluding hydrogens is 408 g/mol. The highest BCUT2D eigenvalue weighted by molar-refractivity contribution is 5.98. The number of nitriles is 2. The standard InChI is InChI=1S/C22H18N8O2/c1-31-12-6-8-13(9-7-12)32-16-5-3-2-4-14(16)19-17-18(25)15(10-23)20(26)29-21(17)30-22(28-19)27-11-24/h2-9,19H,1H3,(H6,25,26,27,28,29,30). The Balaban J connectivity index is 1.84. The molecule has 32 heavy (non-hydrogen) atoms. The van der Waals surface area contributed by atoms with Gasteiger partial charge in [-0.1, -0.05) is 18.2 Å². The number of hydrogen-bond acceptors (Lipinski definition) is 10. The maximum atomic E-state index is 9.49. The Bertz CT molecular complexity index is 1290. The van der Waals surface area contributed by atoms with E-state index in [0.29, 0.717) is 34.2 Å². The van der Waals surface area contributed by atoms with Crippen molar-refractivity contribution in [3.63, 3.8) is 0 Å². The van der Waals surface area contributed by atoms with Crippen molar-refractivity contribution in [1.82, 2.24) is 10.3 Å². The zero-order chi connectivity index (χ0) is 22.7. The molecule has 1 aromatic heterocycles. The molecule has 1 atom stereocenters. The minimum atomic E-state index is -0.711. The lowest BCUT2D eigenvalue weighted by Crippen LogP contribution is -2.32. The van der Waals surface area contributed by atoms with Gasteiger partial charge in [-0.25, -0.2) is 9.98 Å². The molecule has 2 aromatic carbocycles. The van der Waals surface area contributed by atoms with E-state index in [4.69, 9.17) is 26.2 Å². The van der Waals surface area contributed by atoms with Crippen LogP contribution in [0.1, 0.15) is 22.7 Å². The third-order valence-electron chi connectivity index (χ3n) is 4.86. The SMILES string of the molecule is COc1ccc(Oc2ccccc2C2N=C(NC#N)Nc3nc(N)c(C#N)c(N)c32)cc1. The summed E-state index contributed by atoms with van der Waals surface area (Å²) in [5.74, 6) is 2.26. The van der Waals surface area contributed by atoms with Gasteiger partial charge >= 0.3 is 0 Å². The van der Waals surface area contributed by atoms with Crippen LogP contribution >= 0.6 is 0 Å². The molecule has 6 N–H and O–H groups in total. The molecule has 4 rings (SSSR count). The zero-order valence-corrected chi connectivity index (χ0v) is 17.0. The molecule has 0 spiro atoms.